The SMILES string of the molecule is Nc1cnc2c(I)cccc2c1Cl. The van der Waals surface area contributed by atoms with Gasteiger partial charge in [0.25, 0.3) is 0 Å². The van der Waals surface area contributed by atoms with Crippen molar-refractivity contribution in [3.8, 4) is 0 Å². The van der Waals surface area contributed by atoms with Gasteiger partial charge in [-0.25, -0.2) is 0 Å². The maximum absolute atomic E-state index is 6.03. The summed E-state index contributed by atoms with van der Waals surface area (Å²) in [5.41, 5.74) is 7.07. The van der Waals surface area contributed by atoms with E-state index in [1.54, 1.807) is 6.20 Å². The summed E-state index contributed by atoms with van der Waals surface area (Å²) in [6.07, 6.45) is 1.59. The second kappa shape index (κ2) is 3.31. The summed E-state index contributed by atoms with van der Waals surface area (Å²) >= 11 is 8.25. The lowest BCUT2D eigenvalue weighted by atomic mass is 10.2. The van der Waals surface area contributed by atoms with Crippen molar-refractivity contribution < 1.29 is 0 Å². The van der Waals surface area contributed by atoms with E-state index in [0.717, 1.165) is 14.5 Å². The molecule has 0 bridgehead atoms. The van der Waals surface area contributed by atoms with Crippen molar-refractivity contribution in [1.29, 1.82) is 0 Å². The Morgan fingerprint density at radius 3 is 2.92 bits per heavy atom. The van der Waals surface area contributed by atoms with Crippen LogP contribution in [0.5, 0.6) is 0 Å². The van der Waals surface area contributed by atoms with Crippen LogP contribution in [0.25, 0.3) is 10.9 Å². The molecule has 66 valence electrons. The molecule has 0 saturated heterocycles. The van der Waals surface area contributed by atoms with Crippen LogP contribution in [0.3, 0.4) is 0 Å². The fourth-order valence-electron chi connectivity index (χ4n) is 1.17. The number of para-hydroxylation sites is 1. The number of hydrogen-bond acceptors (Lipinski definition) is 2. The van der Waals surface area contributed by atoms with Crippen molar-refractivity contribution >= 4 is 50.8 Å². The summed E-state index contributed by atoms with van der Waals surface area (Å²) in [5, 5.41) is 1.50. The Kier molecular flexibility index (Phi) is 2.29. The second-order valence-electron chi connectivity index (χ2n) is 2.66. The lowest BCUT2D eigenvalue weighted by Gasteiger charge is -2.03. The number of nitrogens with two attached hydrogens (primary N) is 1. The van der Waals surface area contributed by atoms with Gasteiger partial charge in [-0.05, 0) is 28.7 Å². The van der Waals surface area contributed by atoms with Crippen molar-refractivity contribution in [2.75, 3.05) is 5.73 Å². The maximum atomic E-state index is 6.03. The molecule has 0 aliphatic heterocycles. The first-order valence-electron chi connectivity index (χ1n) is 3.68. The Balaban J connectivity index is 2.94. The summed E-state index contributed by atoms with van der Waals surface area (Å²) in [4.78, 5) is 4.22. The first-order valence-corrected chi connectivity index (χ1v) is 5.14. The number of hydrogen-bond donors (Lipinski definition) is 1. The number of fused-ring (bicyclic) bond motifs is 1. The van der Waals surface area contributed by atoms with Crippen LogP contribution in [0, 0.1) is 3.57 Å². The summed E-state index contributed by atoms with van der Waals surface area (Å²) in [5.74, 6) is 0. The van der Waals surface area contributed by atoms with Crippen LogP contribution in [-0.4, -0.2) is 4.98 Å². The van der Waals surface area contributed by atoms with Gasteiger partial charge in [0, 0.05) is 8.96 Å². The van der Waals surface area contributed by atoms with E-state index >= 15 is 0 Å². The molecule has 0 atom stereocenters. The van der Waals surface area contributed by atoms with E-state index in [0.29, 0.717) is 10.7 Å². The molecule has 0 amide bonds. The highest BCUT2D eigenvalue weighted by Gasteiger charge is 2.05. The van der Waals surface area contributed by atoms with Crippen LogP contribution in [-0.2, 0) is 0 Å². The van der Waals surface area contributed by atoms with Gasteiger partial charge in [-0.15, -0.1) is 0 Å². The number of aromatic nitrogens is 1. The second-order valence-corrected chi connectivity index (χ2v) is 4.20. The molecule has 1 heterocycles. The van der Waals surface area contributed by atoms with Crippen LogP contribution < -0.4 is 5.73 Å². The Morgan fingerprint density at radius 2 is 2.15 bits per heavy atom. The van der Waals surface area contributed by atoms with E-state index in [1.165, 1.54) is 0 Å². The third-order valence-corrected chi connectivity index (χ3v) is 3.10. The van der Waals surface area contributed by atoms with Gasteiger partial charge < -0.3 is 5.73 Å². The minimum absolute atomic E-state index is 0.524. The van der Waals surface area contributed by atoms with Crippen molar-refractivity contribution in [3.63, 3.8) is 0 Å². The molecule has 0 radical (unpaired) electrons. The summed E-state index contributed by atoms with van der Waals surface area (Å²) in [6, 6.07) is 5.85. The van der Waals surface area contributed by atoms with Crippen LogP contribution in [0.4, 0.5) is 5.69 Å². The van der Waals surface area contributed by atoms with Crippen molar-refractivity contribution in [2.45, 2.75) is 0 Å². The highest BCUT2D eigenvalue weighted by atomic mass is 127. The van der Waals surface area contributed by atoms with E-state index in [2.05, 4.69) is 27.6 Å². The predicted octanol–water partition coefficient (Wildman–Crippen LogP) is 3.08. The molecule has 1 aromatic heterocycles. The third kappa shape index (κ3) is 1.46. The minimum atomic E-state index is 0.524. The number of nitrogen functional groups attached to an aromatic ring is 1. The molecule has 0 unspecified atom stereocenters. The van der Waals surface area contributed by atoms with Crippen molar-refractivity contribution in [3.05, 3.63) is 33.0 Å². The van der Waals surface area contributed by atoms with Crippen LogP contribution in [0.2, 0.25) is 5.02 Å². The number of benzene rings is 1. The normalized spacial score (nSPS) is 10.6. The maximum Gasteiger partial charge on any atom is 0.0851 e. The van der Waals surface area contributed by atoms with Crippen LogP contribution in [0.1, 0.15) is 0 Å². The molecule has 2 N–H and O–H groups in total. The lowest BCUT2D eigenvalue weighted by Crippen LogP contribution is -1.90. The topological polar surface area (TPSA) is 38.9 Å². The van der Waals surface area contributed by atoms with Crippen LogP contribution >= 0.6 is 34.2 Å². The number of pyridine rings is 1. The molecular weight excluding hydrogens is 298 g/mol. The molecule has 0 aliphatic rings. The molecule has 2 nitrogen and oxygen atoms in total. The predicted molar refractivity (Wildman–Crippen MR) is 63.9 cm³/mol. The summed E-state index contributed by atoms with van der Waals surface area (Å²) in [7, 11) is 0. The molecular formula is C9H6ClIN2. The quantitative estimate of drug-likeness (QED) is 0.760. The van der Waals surface area contributed by atoms with Crippen molar-refractivity contribution in [2.24, 2.45) is 0 Å². The first-order chi connectivity index (χ1) is 6.20. The van der Waals surface area contributed by atoms with Crippen molar-refractivity contribution in [1.82, 2.24) is 4.98 Å². The lowest BCUT2D eigenvalue weighted by molar-refractivity contribution is 1.40. The smallest absolute Gasteiger partial charge is 0.0851 e. The minimum Gasteiger partial charge on any atom is -0.396 e. The summed E-state index contributed by atoms with van der Waals surface area (Å²) < 4.78 is 1.08. The third-order valence-electron chi connectivity index (χ3n) is 1.81. The summed E-state index contributed by atoms with van der Waals surface area (Å²) in [6.45, 7) is 0. The molecule has 2 aromatic rings. The molecule has 0 aliphatic carbocycles. The highest BCUT2D eigenvalue weighted by Crippen LogP contribution is 2.29. The van der Waals surface area contributed by atoms with Gasteiger partial charge in [-0.1, -0.05) is 23.7 Å². The number of nitrogens with zero attached hydrogens (tertiary/aromatic N) is 1. The fourth-order valence-corrected chi connectivity index (χ4v) is 2.01. The van der Waals surface area contributed by atoms with Gasteiger partial charge >= 0.3 is 0 Å². The zero-order valence-corrected chi connectivity index (χ0v) is 9.50. The molecule has 0 fully saturated rings. The van der Waals surface area contributed by atoms with E-state index < -0.39 is 0 Å². The Morgan fingerprint density at radius 1 is 1.38 bits per heavy atom. The number of rotatable bonds is 0. The Bertz CT molecular complexity index is 470. The average molecular weight is 305 g/mol. The molecule has 0 saturated carbocycles. The Labute approximate surface area is 94.2 Å². The van der Waals surface area contributed by atoms with E-state index in [-0.39, 0.29) is 0 Å². The van der Waals surface area contributed by atoms with Gasteiger partial charge in [-0.3, -0.25) is 4.98 Å². The van der Waals surface area contributed by atoms with Crippen LogP contribution in [0.15, 0.2) is 24.4 Å². The highest BCUT2D eigenvalue weighted by molar-refractivity contribution is 14.1. The fraction of sp³-hybridized carbons (Fsp3) is 0. The average Bonchev–Trinajstić information content (AvgIpc) is 2.12. The van der Waals surface area contributed by atoms with E-state index in [9.17, 15) is 0 Å². The zero-order valence-electron chi connectivity index (χ0n) is 6.59. The number of halogens is 2. The number of anilines is 1. The molecule has 13 heavy (non-hydrogen) atoms. The van der Waals surface area contributed by atoms with Gasteiger partial charge in [-0.2, -0.15) is 0 Å². The Hall–Kier alpha value is -0.550. The molecule has 1 aromatic carbocycles. The molecule has 2 rings (SSSR count). The van der Waals surface area contributed by atoms with E-state index in [4.69, 9.17) is 17.3 Å². The van der Waals surface area contributed by atoms with Gasteiger partial charge in [0.1, 0.15) is 0 Å². The van der Waals surface area contributed by atoms with Gasteiger partial charge in [0.15, 0.2) is 0 Å². The molecule has 0 spiro atoms. The van der Waals surface area contributed by atoms with Gasteiger partial charge in [0.05, 0.1) is 22.4 Å². The standard InChI is InChI=1S/C9H6ClIN2/c10-8-5-2-1-3-6(11)9(5)13-4-7(8)12/h1-4H,12H2. The molecule has 4 heteroatoms. The zero-order chi connectivity index (χ0) is 9.42. The first kappa shape index (κ1) is 9.02. The van der Waals surface area contributed by atoms with Gasteiger partial charge in [0.2, 0.25) is 0 Å². The monoisotopic (exact) mass is 304 g/mol. The van der Waals surface area contributed by atoms with E-state index in [1.807, 2.05) is 18.2 Å². The largest absolute Gasteiger partial charge is 0.396 e.